The van der Waals surface area contributed by atoms with Crippen LogP contribution in [0.15, 0.2) is 18.2 Å². The number of hydrogen-bond acceptors (Lipinski definition) is 3. The van der Waals surface area contributed by atoms with E-state index in [-0.39, 0.29) is 0 Å². The van der Waals surface area contributed by atoms with Gasteiger partial charge in [0.2, 0.25) is 0 Å². The standard InChI is InChI=1S/C20H31N3OS/c1-14(2)12-21-20(25)22-13-15-6-8-23-9-7-16-11-17(24-3)4-5-18(16)19(23)10-15/h4-5,11,14-15,19H,6-10,12-13H2,1-3H3,(H2,21,22,25). The zero-order valence-corrected chi connectivity index (χ0v) is 16.5. The average Bonchev–Trinajstić information content (AvgIpc) is 2.63. The van der Waals surface area contributed by atoms with Crippen molar-refractivity contribution < 1.29 is 4.74 Å². The molecule has 2 aliphatic rings. The Balaban J connectivity index is 1.58. The molecular weight excluding hydrogens is 330 g/mol. The molecule has 1 aromatic carbocycles. The minimum absolute atomic E-state index is 0.549. The second-order valence-corrected chi connectivity index (χ2v) is 8.15. The van der Waals surface area contributed by atoms with Gasteiger partial charge in [0.15, 0.2) is 5.11 Å². The number of nitrogens with one attached hydrogen (secondary N) is 2. The third-order valence-corrected chi connectivity index (χ3v) is 5.71. The summed E-state index contributed by atoms with van der Waals surface area (Å²) in [5.41, 5.74) is 2.96. The summed E-state index contributed by atoms with van der Waals surface area (Å²) in [5, 5.41) is 7.53. The molecule has 0 bridgehead atoms. The van der Waals surface area contributed by atoms with Gasteiger partial charge in [-0.05, 0) is 73.1 Å². The Morgan fingerprint density at radius 2 is 2.16 bits per heavy atom. The largest absolute Gasteiger partial charge is 0.497 e. The highest BCUT2D eigenvalue weighted by molar-refractivity contribution is 7.80. The summed E-state index contributed by atoms with van der Waals surface area (Å²) < 4.78 is 5.40. The fraction of sp³-hybridized carbons (Fsp3) is 0.650. The van der Waals surface area contributed by atoms with Crippen LogP contribution in [0.2, 0.25) is 0 Å². The number of benzene rings is 1. The third kappa shape index (κ3) is 4.64. The lowest BCUT2D eigenvalue weighted by molar-refractivity contribution is 0.104. The van der Waals surface area contributed by atoms with Crippen molar-refractivity contribution in [2.45, 2.75) is 39.2 Å². The minimum atomic E-state index is 0.549. The van der Waals surface area contributed by atoms with E-state index >= 15 is 0 Å². The van der Waals surface area contributed by atoms with Crippen molar-refractivity contribution in [3.8, 4) is 5.75 Å². The predicted octanol–water partition coefficient (Wildman–Crippen LogP) is 3.12. The minimum Gasteiger partial charge on any atom is -0.497 e. The van der Waals surface area contributed by atoms with Gasteiger partial charge < -0.3 is 15.4 Å². The topological polar surface area (TPSA) is 36.5 Å². The first-order chi connectivity index (χ1) is 12.1. The van der Waals surface area contributed by atoms with E-state index in [9.17, 15) is 0 Å². The van der Waals surface area contributed by atoms with Gasteiger partial charge in [0.05, 0.1) is 7.11 Å². The van der Waals surface area contributed by atoms with Gasteiger partial charge >= 0.3 is 0 Å². The lowest BCUT2D eigenvalue weighted by Crippen LogP contribution is -2.45. The van der Waals surface area contributed by atoms with Gasteiger partial charge in [-0.1, -0.05) is 19.9 Å². The Bertz CT molecular complexity index is 605. The molecule has 0 aliphatic carbocycles. The fourth-order valence-corrected chi connectivity index (χ4v) is 4.14. The fourth-order valence-electron chi connectivity index (χ4n) is 3.97. The average molecular weight is 362 g/mol. The van der Waals surface area contributed by atoms with E-state index < -0.39 is 0 Å². The summed E-state index contributed by atoms with van der Waals surface area (Å²) in [6.07, 6.45) is 3.59. The van der Waals surface area contributed by atoms with Crippen LogP contribution in [0.1, 0.15) is 43.9 Å². The molecule has 0 saturated carbocycles. The Morgan fingerprint density at radius 3 is 2.92 bits per heavy atom. The summed E-state index contributed by atoms with van der Waals surface area (Å²) in [6, 6.07) is 7.15. The number of methoxy groups -OCH3 is 1. The number of fused-ring (bicyclic) bond motifs is 3. The van der Waals surface area contributed by atoms with Crippen molar-refractivity contribution in [2.24, 2.45) is 11.8 Å². The zero-order chi connectivity index (χ0) is 17.8. The molecule has 0 aromatic heterocycles. The second kappa shape index (κ2) is 8.37. The first-order valence-corrected chi connectivity index (χ1v) is 9.90. The summed E-state index contributed by atoms with van der Waals surface area (Å²) in [7, 11) is 1.75. The highest BCUT2D eigenvalue weighted by Gasteiger charge is 2.33. The van der Waals surface area contributed by atoms with Crippen molar-refractivity contribution in [1.82, 2.24) is 15.5 Å². The van der Waals surface area contributed by atoms with Crippen LogP contribution in [-0.2, 0) is 6.42 Å². The van der Waals surface area contributed by atoms with Crippen LogP contribution < -0.4 is 15.4 Å². The molecule has 1 aromatic rings. The van der Waals surface area contributed by atoms with Gasteiger partial charge in [0.25, 0.3) is 0 Å². The second-order valence-electron chi connectivity index (χ2n) is 7.74. The Hall–Kier alpha value is -1.33. The van der Waals surface area contributed by atoms with E-state index in [0.717, 1.165) is 30.4 Å². The number of hydrogen-bond donors (Lipinski definition) is 2. The van der Waals surface area contributed by atoms with E-state index in [0.29, 0.717) is 17.9 Å². The first-order valence-electron chi connectivity index (χ1n) is 9.49. The van der Waals surface area contributed by atoms with Gasteiger partial charge in [-0.15, -0.1) is 0 Å². The summed E-state index contributed by atoms with van der Waals surface area (Å²) in [4.78, 5) is 2.65. The smallest absolute Gasteiger partial charge is 0.166 e. The van der Waals surface area contributed by atoms with Gasteiger partial charge in [-0.25, -0.2) is 0 Å². The lowest BCUT2D eigenvalue weighted by Gasteiger charge is -2.43. The lowest BCUT2D eigenvalue weighted by atomic mass is 9.82. The summed E-state index contributed by atoms with van der Waals surface area (Å²) >= 11 is 5.40. The molecular formula is C20H31N3OS. The third-order valence-electron chi connectivity index (χ3n) is 5.42. The highest BCUT2D eigenvalue weighted by Crippen LogP contribution is 2.39. The molecule has 5 heteroatoms. The predicted molar refractivity (Wildman–Crippen MR) is 107 cm³/mol. The maximum atomic E-state index is 5.40. The molecule has 0 amide bonds. The van der Waals surface area contributed by atoms with Crippen molar-refractivity contribution in [2.75, 3.05) is 33.3 Å². The molecule has 2 atom stereocenters. The Morgan fingerprint density at radius 1 is 1.32 bits per heavy atom. The molecule has 0 spiro atoms. The van der Waals surface area contributed by atoms with E-state index in [1.165, 1.54) is 37.1 Å². The quantitative estimate of drug-likeness (QED) is 0.788. The molecule has 4 nitrogen and oxygen atoms in total. The number of nitrogens with zero attached hydrogens (tertiary/aromatic N) is 1. The highest BCUT2D eigenvalue weighted by atomic mass is 32.1. The van der Waals surface area contributed by atoms with Crippen molar-refractivity contribution in [1.29, 1.82) is 0 Å². The van der Waals surface area contributed by atoms with Gasteiger partial charge in [-0.3, -0.25) is 4.90 Å². The Labute approximate surface area is 157 Å². The van der Waals surface area contributed by atoms with Crippen molar-refractivity contribution in [3.05, 3.63) is 29.3 Å². The van der Waals surface area contributed by atoms with E-state index in [1.54, 1.807) is 7.11 Å². The number of thiocarbonyl (C=S) groups is 1. The number of ether oxygens (including phenoxy) is 1. The Kier molecular flexibility index (Phi) is 6.18. The summed E-state index contributed by atoms with van der Waals surface area (Å²) in [6.45, 7) is 8.65. The molecule has 25 heavy (non-hydrogen) atoms. The molecule has 2 N–H and O–H groups in total. The molecule has 138 valence electrons. The number of piperidine rings is 1. The van der Waals surface area contributed by atoms with Gasteiger partial charge in [0, 0.05) is 25.7 Å². The van der Waals surface area contributed by atoms with E-state index in [2.05, 4.69) is 47.6 Å². The van der Waals surface area contributed by atoms with Gasteiger partial charge in [0.1, 0.15) is 5.75 Å². The first kappa shape index (κ1) is 18.5. The number of rotatable bonds is 5. The molecule has 3 rings (SSSR count). The SMILES string of the molecule is COc1ccc2c(c1)CCN1CCC(CNC(=S)NCC(C)C)CC21. The monoisotopic (exact) mass is 361 g/mol. The van der Waals surface area contributed by atoms with Crippen LogP contribution in [0.3, 0.4) is 0 Å². The van der Waals surface area contributed by atoms with Crippen LogP contribution in [0.25, 0.3) is 0 Å². The molecule has 0 radical (unpaired) electrons. The molecule has 1 fully saturated rings. The van der Waals surface area contributed by atoms with E-state index in [1.807, 2.05) is 0 Å². The molecule has 2 aliphatic heterocycles. The normalized spacial score (nSPS) is 22.9. The molecule has 1 saturated heterocycles. The maximum Gasteiger partial charge on any atom is 0.166 e. The van der Waals surface area contributed by atoms with Crippen molar-refractivity contribution in [3.63, 3.8) is 0 Å². The maximum absolute atomic E-state index is 5.40. The van der Waals surface area contributed by atoms with Gasteiger partial charge in [-0.2, -0.15) is 0 Å². The van der Waals surface area contributed by atoms with Crippen LogP contribution >= 0.6 is 12.2 Å². The van der Waals surface area contributed by atoms with Crippen LogP contribution in [0, 0.1) is 11.8 Å². The van der Waals surface area contributed by atoms with Crippen molar-refractivity contribution >= 4 is 17.3 Å². The van der Waals surface area contributed by atoms with E-state index in [4.69, 9.17) is 17.0 Å². The van der Waals surface area contributed by atoms with Crippen LogP contribution in [0.5, 0.6) is 5.75 Å². The molecule has 2 unspecified atom stereocenters. The summed E-state index contributed by atoms with van der Waals surface area (Å²) in [5.74, 6) is 2.26. The van der Waals surface area contributed by atoms with Crippen LogP contribution in [0.4, 0.5) is 0 Å². The zero-order valence-electron chi connectivity index (χ0n) is 15.7. The van der Waals surface area contributed by atoms with Crippen LogP contribution in [-0.4, -0.2) is 43.3 Å². The molecule has 2 heterocycles.